The zero-order chi connectivity index (χ0) is 22.5. The lowest BCUT2D eigenvalue weighted by Crippen LogP contribution is -2.59. The minimum atomic E-state index is -1.00. The van der Waals surface area contributed by atoms with Gasteiger partial charge in [0.1, 0.15) is 6.04 Å². The molecule has 3 atom stereocenters. The van der Waals surface area contributed by atoms with Crippen LogP contribution in [0.4, 0.5) is 0 Å². The fourth-order valence-electron chi connectivity index (χ4n) is 3.72. The van der Waals surface area contributed by atoms with E-state index in [1.165, 1.54) is 6.92 Å². The highest BCUT2D eigenvalue weighted by atomic mass is 16.4. The fourth-order valence-corrected chi connectivity index (χ4v) is 3.72. The second-order valence-corrected chi connectivity index (χ2v) is 9.64. The average molecular weight is 410 g/mol. The van der Waals surface area contributed by atoms with Gasteiger partial charge in [0.05, 0.1) is 12.1 Å². The van der Waals surface area contributed by atoms with Crippen LogP contribution in [0, 0.1) is 11.3 Å². The van der Waals surface area contributed by atoms with E-state index in [0.717, 1.165) is 25.8 Å². The highest BCUT2D eigenvalue weighted by Crippen LogP contribution is 2.25. The molecule has 1 fully saturated rings. The van der Waals surface area contributed by atoms with Crippen molar-refractivity contribution in [3.63, 3.8) is 0 Å². The highest BCUT2D eigenvalue weighted by Gasteiger charge is 2.39. The zero-order valence-electron chi connectivity index (χ0n) is 19.3. The second-order valence-electron chi connectivity index (χ2n) is 9.64. The Kier molecular flexibility index (Phi) is 8.87. The number of hydrogen-bond acceptors (Lipinski definition) is 4. The molecule has 166 valence electrons. The van der Waals surface area contributed by atoms with E-state index < -0.39 is 17.4 Å². The number of carbonyl (C=O) groups is 3. The summed E-state index contributed by atoms with van der Waals surface area (Å²) in [5.41, 5.74) is -0.287. The van der Waals surface area contributed by atoms with Gasteiger partial charge in [0, 0.05) is 12.6 Å². The van der Waals surface area contributed by atoms with Crippen LogP contribution in [-0.4, -0.2) is 71.5 Å². The summed E-state index contributed by atoms with van der Waals surface area (Å²) in [5.74, 6) is -1.30. The van der Waals surface area contributed by atoms with Gasteiger partial charge in [0.2, 0.25) is 11.8 Å². The van der Waals surface area contributed by atoms with Gasteiger partial charge in [-0.2, -0.15) is 0 Å². The predicted molar refractivity (Wildman–Crippen MR) is 114 cm³/mol. The van der Waals surface area contributed by atoms with Crippen molar-refractivity contribution in [2.24, 2.45) is 11.3 Å². The number of likely N-dealkylation sites (tertiary alicyclic amines) is 1. The minimum Gasteiger partial charge on any atom is -0.478 e. The first kappa shape index (κ1) is 25.1. The van der Waals surface area contributed by atoms with Gasteiger partial charge in [0.25, 0.3) is 0 Å². The summed E-state index contributed by atoms with van der Waals surface area (Å²) in [5, 5.41) is 12.2. The summed E-state index contributed by atoms with van der Waals surface area (Å²) in [6.07, 6.45) is 4.49. The number of rotatable bonds is 7. The lowest BCUT2D eigenvalue weighted by molar-refractivity contribution is -0.141. The molecule has 0 bridgehead atoms. The molecule has 7 heteroatoms. The summed E-state index contributed by atoms with van der Waals surface area (Å²) < 4.78 is 0. The van der Waals surface area contributed by atoms with Crippen LogP contribution in [0.5, 0.6) is 0 Å². The van der Waals surface area contributed by atoms with Crippen LogP contribution in [-0.2, 0) is 14.4 Å². The Bertz CT molecular complexity index is 636. The SMILES string of the molecule is CC(=C[C@H](C(C)C)N(C)C(=O)C(NC(=O)C1CCCCN1C)C(C)(C)C)C(=O)O. The van der Waals surface area contributed by atoms with E-state index in [9.17, 15) is 19.5 Å². The third-order valence-electron chi connectivity index (χ3n) is 5.71. The molecule has 1 rings (SSSR count). The molecular weight excluding hydrogens is 370 g/mol. The Morgan fingerprint density at radius 2 is 1.79 bits per heavy atom. The van der Waals surface area contributed by atoms with E-state index in [1.807, 2.05) is 46.6 Å². The van der Waals surface area contributed by atoms with E-state index in [0.29, 0.717) is 0 Å². The normalized spacial score (nSPS) is 20.9. The number of carboxylic acid groups (broad SMARTS) is 1. The van der Waals surface area contributed by atoms with Crippen LogP contribution < -0.4 is 5.32 Å². The maximum Gasteiger partial charge on any atom is 0.331 e. The van der Waals surface area contributed by atoms with Crippen molar-refractivity contribution in [1.29, 1.82) is 0 Å². The monoisotopic (exact) mass is 409 g/mol. The van der Waals surface area contributed by atoms with E-state index in [1.54, 1.807) is 18.0 Å². The number of piperidine rings is 1. The number of nitrogens with zero attached hydrogens (tertiary/aromatic N) is 2. The topological polar surface area (TPSA) is 90.0 Å². The van der Waals surface area contributed by atoms with Crippen molar-refractivity contribution in [3.8, 4) is 0 Å². The summed E-state index contributed by atoms with van der Waals surface area (Å²) in [6.45, 7) is 12.1. The smallest absolute Gasteiger partial charge is 0.331 e. The zero-order valence-corrected chi connectivity index (χ0v) is 19.3. The van der Waals surface area contributed by atoms with E-state index >= 15 is 0 Å². The Morgan fingerprint density at radius 1 is 1.21 bits per heavy atom. The van der Waals surface area contributed by atoms with Gasteiger partial charge < -0.3 is 15.3 Å². The number of carbonyl (C=O) groups excluding carboxylic acids is 2. The van der Waals surface area contributed by atoms with Crippen molar-refractivity contribution >= 4 is 17.8 Å². The maximum atomic E-state index is 13.4. The Hall–Kier alpha value is -1.89. The van der Waals surface area contributed by atoms with Crippen LogP contribution in [0.1, 0.15) is 60.8 Å². The molecule has 0 radical (unpaired) electrons. The number of amides is 2. The standard InChI is InChI=1S/C22H39N3O4/c1-14(2)17(13-15(3)21(28)29)25(8)20(27)18(22(4,5)6)23-19(26)16-11-9-10-12-24(16)7/h13-14,16-18H,9-12H2,1-8H3,(H,23,26)(H,28,29)/t16?,17-,18?/m1/s1. The van der Waals surface area contributed by atoms with Crippen LogP contribution >= 0.6 is 0 Å². The number of carboxylic acids is 1. The summed E-state index contributed by atoms with van der Waals surface area (Å²) in [6, 6.07) is -1.30. The lowest BCUT2D eigenvalue weighted by Gasteiger charge is -2.39. The van der Waals surface area contributed by atoms with E-state index in [4.69, 9.17) is 0 Å². The number of likely N-dealkylation sites (N-methyl/N-ethyl adjacent to an activating group) is 2. The Balaban J connectivity index is 3.10. The van der Waals surface area contributed by atoms with Gasteiger partial charge in [-0.15, -0.1) is 0 Å². The van der Waals surface area contributed by atoms with Gasteiger partial charge in [-0.25, -0.2) is 4.79 Å². The summed E-state index contributed by atoms with van der Waals surface area (Å²) in [7, 11) is 3.62. The Labute approximate surface area is 175 Å². The lowest BCUT2D eigenvalue weighted by atomic mass is 9.84. The fraction of sp³-hybridized carbons (Fsp3) is 0.773. The van der Waals surface area contributed by atoms with Crippen molar-refractivity contribution < 1.29 is 19.5 Å². The molecule has 0 spiro atoms. The highest BCUT2D eigenvalue weighted by molar-refractivity contribution is 5.91. The van der Waals surface area contributed by atoms with Gasteiger partial charge >= 0.3 is 5.97 Å². The molecule has 2 amide bonds. The van der Waals surface area contributed by atoms with Crippen LogP contribution in [0.3, 0.4) is 0 Å². The molecule has 0 aromatic heterocycles. The van der Waals surface area contributed by atoms with E-state index in [-0.39, 0.29) is 35.4 Å². The summed E-state index contributed by atoms with van der Waals surface area (Å²) >= 11 is 0. The number of nitrogens with one attached hydrogen (secondary N) is 1. The van der Waals surface area contributed by atoms with Crippen molar-refractivity contribution in [1.82, 2.24) is 15.1 Å². The van der Waals surface area contributed by atoms with Crippen molar-refractivity contribution in [2.45, 2.75) is 78.9 Å². The number of hydrogen-bond donors (Lipinski definition) is 2. The quantitative estimate of drug-likeness (QED) is 0.631. The summed E-state index contributed by atoms with van der Waals surface area (Å²) in [4.78, 5) is 41.2. The molecule has 2 N–H and O–H groups in total. The van der Waals surface area contributed by atoms with Crippen LogP contribution in [0.2, 0.25) is 0 Å². The molecule has 0 aromatic carbocycles. The molecule has 29 heavy (non-hydrogen) atoms. The third kappa shape index (κ3) is 6.84. The molecule has 1 heterocycles. The molecule has 0 aromatic rings. The molecule has 1 saturated heterocycles. The first-order valence-corrected chi connectivity index (χ1v) is 10.5. The van der Waals surface area contributed by atoms with Crippen molar-refractivity contribution in [3.05, 3.63) is 11.6 Å². The molecule has 7 nitrogen and oxygen atoms in total. The largest absolute Gasteiger partial charge is 0.478 e. The van der Waals surface area contributed by atoms with Gasteiger partial charge in [-0.05, 0) is 44.7 Å². The predicted octanol–water partition coefficient (Wildman–Crippen LogP) is 2.52. The number of aliphatic carboxylic acids is 1. The molecular formula is C22H39N3O4. The second kappa shape index (κ2) is 10.2. The first-order valence-electron chi connectivity index (χ1n) is 10.5. The van der Waals surface area contributed by atoms with Gasteiger partial charge in [-0.1, -0.05) is 47.1 Å². The van der Waals surface area contributed by atoms with Crippen molar-refractivity contribution in [2.75, 3.05) is 20.6 Å². The average Bonchev–Trinajstić information content (AvgIpc) is 2.61. The Morgan fingerprint density at radius 3 is 2.24 bits per heavy atom. The van der Waals surface area contributed by atoms with Gasteiger partial charge in [0.15, 0.2) is 0 Å². The first-order chi connectivity index (χ1) is 13.3. The molecule has 0 aliphatic carbocycles. The minimum absolute atomic E-state index is 0.0269. The van der Waals surface area contributed by atoms with Crippen LogP contribution in [0.15, 0.2) is 11.6 Å². The van der Waals surface area contributed by atoms with Crippen LogP contribution in [0.25, 0.3) is 0 Å². The molecule has 1 aliphatic heterocycles. The molecule has 2 unspecified atom stereocenters. The van der Waals surface area contributed by atoms with E-state index in [2.05, 4.69) is 5.32 Å². The molecule has 0 saturated carbocycles. The third-order valence-corrected chi connectivity index (χ3v) is 5.71. The van der Waals surface area contributed by atoms with Gasteiger partial charge in [-0.3, -0.25) is 14.5 Å². The maximum absolute atomic E-state index is 13.4. The molecule has 1 aliphatic rings.